The summed E-state index contributed by atoms with van der Waals surface area (Å²) in [5.74, 6) is -0.252. The maximum atomic E-state index is 11.5. The Morgan fingerprint density at radius 2 is 2.24 bits per heavy atom. The number of ether oxygens (including phenoxy) is 1. The minimum atomic E-state index is -0.941. The number of carboxylic acid groups (broad SMARTS) is 1. The van der Waals surface area contributed by atoms with E-state index in [4.69, 9.17) is 9.84 Å². The number of fused-ring (bicyclic) bond motifs is 1. The van der Waals surface area contributed by atoms with Gasteiger partial charge >= 0.3 is 5.97 Å². The highest BCUT2D eigenvalue weighted by molar-refractivity contribution is 5.90. The van der Waals surface area contributed by atoms with Gasteiger partial charge in [0.25, 0.3) is 0 Å². The highest BCUT2D eigenvalue weighted by atomic mass is 16.5. The molecular weight excluding hydrogens is 272 g/mol. The first-order valence-electron chi connectivity index (χ1n) is 6.78. The van der Waals surface area contributed by atoms with Crippen molar-refractivity contribution in [2.45, 2.75) is 12.5 Å². The van der Waals surface area contributed by atoms with Gasteiger partial charge in [0, 0.05) is 36.3 Å². The Kier molecular flexibility index (Phi) is 4.82. The third-order valence-corrected chi connectivity index (χ3v) is 3.47. The summed E-state index contributed by atoms with van der Waals surface area (Å²) < 4.78 is 7.11. The van der Waals surface area contributed by atoms with Crippen LogP contribution in [-0.2, 0) is 11.8 Å². The molecule has 1 aromatic heterocycles. The summed E-state index contributed by atoms with van der Waals surface area (Å²) in [7, 11) is 3.46. The van der Waals surface area contributed by atoms with Gasteiger partial charge in [0.1, 0.15) is 11.8 Å². The van der Waals surface area contributed by atoms with E-state index in [0.717, 1.165) is 10.9 Å². The first kappa shape index (κ1) is 15.3. The third kappa shape index (κ3) is 3.17. The molecule has 2 rings (SSSR count). The standard InChI is InChI=1S/C15H20N2O4/c1-17-9-12(14(15(19)20)16-6-3-7-18)11-8-10(21-2)4-5-13(11)17/h4-5,8-9,14,16,18H,3,6-7H2,1-2H3,(H,19,20). The van der Waals surface area contributed by atoms with E-state index in [1.807, 2.05) is 36.0 Å². The number of hydrogen-bond donors (Lipinski definition) is 3. The van der Waals surface area contributed by atoms with Crippen LogP contribution in [0.15, 0.2) is 24.4 Å². The number of carboxylic acids is 1. The number of nitrogens with one attached hydrogen (secondary N) is 1. The summed E-state index contributed by atoms with van der Waals surface area (Å²) in [5.41, 5.74) is 1.64. The van der Waals surface area contributed by atoms with Gasteiger partial charge in [0.05, 0.1) is 7.11 Å². The van der Waals surface area contributed by atoms with Gasteiger partial charge in [0.2, 0.25) is 0 Å². The van der Waals surface area contributed by atoms with E-state index in [1.54, 1.807) is 7.11 Å². The molecule has 0 bridgehead atoms. The summed E-state index contributed by atoms with van der Waals surface area (Å²) in [5, 5.41) is 22.1. The Morgan fingerprint density at radius 1 is 1.48 bits per heavy atom. The maximum Gasteiger partial charge on any atom is 0.325 e. The molecule has 0 aliphatic heterocycles. The van der Waals surface area contributed by atoms with E-state index in [9.17, 15) is 9.90 Å². The van der Waals surface area contributed by atoms with Crippen LogP contribution < -0.4 is 10.1 Å². The molecule has 6 nitrogen and oxygen atoms in total. The lowest BCUT2D eigenvalue weighted by Crippen LogP contribution is -2.29. The Labute approximate surface area is 123 Å². The van der Waals surface area contributed by atoms with Crippen molar-refractivity contribution in [1.82, 2.24) is 9.88 Å². The lowest BCUT2D eigenvalue weighted by Gasteiger charge is -2.13. The topological polar surface area (TPSA) is 83.7 Å². The SMILES string of the molecule is COc1ccc2c(c1)c(C(NCCCO)C(=O)O)cn2C. The van der Waals surface area contributed by atoms with E-state index in [2.05, 4.69) is 5.32 Å². The van der Waals surface area contributed by atoms with Crippen LogP contribution in [0.25, 0.3) is 10.9 Å². The van der Waals surface area contributed by atoms with Crippen LogP contribution >= 0.6 is 0 Å². The number of aliphatic carboxylic acids is 1. The van der Waals surface area contributed by atoms with Gasteiger partial charge in [-0.15, -0.1) is 0 Å². The van der Waals surface area contributed by atoms with Crippen LogP contribution in [0.2, 0.25) is 0 Å². The van der Waals surface area contributed by atoms with Gasteiger partial charge in [0.15, 0.2) is 0 Å². The van der Waals surface area contributed by atoms with E-state index in [1.165, 1.54) is 0 Å². The summed E-state index contributed by atoms with van der Waals surface area (Å²) in [6.45, 7) is 0.469. The quantitative estimate of drug-likeness (QED) is 0.670. The molecule has 1 unspecified atom stereocenters. The monoisotopic (exact) mass is 292 g/mol. The molecule has 1 aromatic carbocycles. The zero-order chi connectivity index (χ0) is 15.4. The maximum absolute atomic E-state index is 11.5. The summed E-state index contributed by atoms with van der Waals surface area (Å²) in [6, 6.07) is 4.78. The Balaban J connectivity index is 2.43. The van der Waals surface area contributed by atoms with E-state index in [-0.39, 0.29) is 6.61 Å². The van der Waals surface area contributed by atoms with E-state index in [0.29, 0.717) is 24.3 Å². The average molecular weight is 292 g/mol. The number of benzene rings is 1. The van der Waals surface area contributed by atoms with E-state index < -0.39 is 12.0 Å². The highest BCUT2D eigenvalue weighted by Gasteiger charge is 2.23. The number of aryl methyl sites for hydroxylation is 1. The highest BCUT2D eigenvalue weighted by Crippen LogP contribution is 2.29. The fraction of sp³-hybridized carbons (Fsp3) is 0.400. The summed E-state index contributed by atoms with van der Waals surface area (Å²) in [6.07, 6.45) is 2.33. The third-order valence-electron chi connectivity index (χ3n) is 3.47. The van der Waals surface area contributed by atoms with Crippen molar-refractivity contribution in [2.24, 2.45) is 7.05 Å². The van der Waals surface area contributed by atoms with Gasteiger partial charge in [-0.05, 0) is 31.2 Å². The van der Waals surface area contributed by atoms with Crippen molar-refractivity contribution < 1.29 is 19.7 Å². The molecule has 114 valence electrons. The Bertz CT molecular complexity index is 636. The molecule has 1 heterocycles. The van der Waals surface area contributed by atoms with Crippen LogP contribution in [0.1, 0.15) is 18.0 Å². The molecule has 0 saturated carbocycles. The predicted octanol–water partition coefficient (Wildman–Crippen LogP) is 1.28. The Hall–Kier alpha value is -2.05. The zero-order valence-corrected chi connectivity index (χ0v) is 12.2. The molecule has 0 radical (unpaired) electrons. The van der Waals surface area contributed by atoms with Gasteiger partial charge < -0.3 is 24.8 Å². The van der Waals surface area contributed by atoms with E-state index >= 15 is 0 Å². The van der Waals surface area contributed by atoms with Crippen molar-refractivity contribution >= 4 is 16.9 Å². The van der Waals surface area contributed by atoms with Crippen LogP contribution in [-0.4, -0.2) is 41.0 Å². The molecule has 6 heteroatoms. The molecule has 0 spiro atoms. The van der Waals surface area contributed by atoms with Gasteiger partial charge in [-0.3, -0.25) is 4.79 Å². The number of aromatic nitrogens is 1. The number of methoxy groups -OCH3 is 1. The number of carbonyl (C=O) groups is 1. The fourth-order valence-electron chi connectivity index (χ4n) is 2.41. The van der Waals surface area contributed by atoms with Gasteiger partial charge in [-0.25, -0.2) is 0 Å². The minimum absolute atomic E-state index is 0.0305. The van der Waals surface area contributed by atoms with Crippen molar-refractivity contribution in [3.8, 4) is 5.75 Å². The Morgan fingerprint density at radius 3 is 2.86 bits per heavy atom. The number of nitrogens with zero attached hydrogens (tertiary/aromatic N) is 1. The van der Waals surface area contributed by atoms with Crippen molar-refractivity contribution in [1.29, 1.82) is 0 Å². The zero-order valence-electron chi connectivity index (χ0n) is 12.2. The van der Waals surface area contributed by atoms with Crippen molar-refractivity contribution in [2.75, 3.05) is 20.3 Å². The molecular formula is C15H20N2O4. The van der Waals surface area contributed by atoms with Crippen molar-refractivity contribution in [3.63, 3.8) is 0 Å². The second-order valence-electron chi connectivity index (χ2n) is 4.88. The number of rotatable bonds is 7. The second-order valence-corrected chi connectivity index (χ2v) is 4.88. The summed E-state index contributed by atoms with van der Waals surface area (Å²) in [4.78, 5) is 11.5. The second kappa shape index (κ2) is 6.60. The molecule has 0 amide bonds. The van der Waals surface area contributed by atoms with Crippen LogP contribution in [0.3, 0.4) is 0 Å². The predicted molar refractivity (Wildman–Crippen MR) is 79.6 cm³/mol. The smallest absolute Gasteiger partial charge is 0.325 e. The van der Waals surface area contributed by atoms with Gasteiger partial charge in [-0.1, -0.05) is 0 Å². The molecule has 21 heavy (non-hydrogen) atoms. The molecule has 0 aliphatic rings. The molecule has 0 fully saturated rings. The minimum Gasteiger partial charge on any atom is -0.497 e. The molecule has 3 N–H and O–H groups in total. The molecule has 1 atom stereocenters. The van der Waals surface area contributed by atoms with Crippen molar-refractivity contribution in [3.05, 3.63) is 30.0 Å². The largest absolute Gasteiger partial charge is 0.497 e. The summed E-state index contributed by atoms with van der Waals surface area (Å²) >= 11 is 0. The fourth-order valence-corrected chi connectivity index (χ4v) is 2.41. The molecule has 0 saturated heterocycles. The normalized spacial score (nSPS) is 12.5. The first-order valence-corrected chi connectivity index (χ1v) is 6.78. The van der Waals surface area contributed by atoms with Crippen LogP contribution in [0.5, 0.6) is 5.75 Å². The lowest BCUT2D eigenvalue weighted by atomic mass is 10.1. The first-order chi connectivity index (χ1) is 10.1. The lowest BCUT2D eigenvalue weighted by molar-refractivity contribution is -0.139. The molecule has 0 aliphatic carbocycles. The van der Waals surface area contributed by atoms with Crippen LogP contribution in [0.4, 0.5) is 0 Å². The molecule has 2 aromatic rings. The number of aliphatic hydroxyl groups is 1. The number of aliphatic hydroxyl groups excluding tert-OH is 1. The van der Waals surface area contributed by atoms with Gasteiger partial charge in [-0.2, -0.15) is 0 Å². The number of hydrogen-bond acceptors (Lipinski definition) is 4. The van der Waals surface area contributed by atoms with Crippen LogP contribution in [0, 0.1) is 0 Å². The average Bonchev–Trinajstić information content (AvgIpc) is 2.79.